The molecule has 3 aromatic rings. The molecule has 11 nitrogen and oxygen atoms in total. The van der Waals surface area contributed by atoms with Gasteiger partial charge < -0.3 is 29.9 Å². The number of halogens is 2. The monoisotopic (exact) mass is 648 g/mol. The minimum atomic E-state index is -5.76. The molecule has 0 aliphatic carbocycles. The number of benzene rings is 1. The van der Waals surface area contributed by atoms with E-state index in [1.54, 1.807) is 28.1 Å². The fourth-order valence-electron chi connectivity index (χ4n) is 6.47. The van der Waals surface area contributed by atoms with Crippen LogP contribution < -0.4 is 10.9 Å². The van der Waals surface area contributed by atoms with E-state index in [1.165, 1.54) is 12.1 Å². The molecule has 0 spiro atoms. The summed E-state index contributed by atoms with van der Waals surface area (Å²) in [5.74, 6) is -1.15. The van der Waals surface area contributed by atoms with Crippen LogP contribution in [0.25, 0.3) is 10.1 Å². The molecule has 2 aromatic heterocycles. The summed E-state index contributed by atoms with van der Waals surface area (Å²) in [5.41, 5.74) is -4.80. The van der Waals surface area contributed by atoms with Crippen LogP contribution in [-0.2, 0) is 19.8 Å². The van der Waals surface area contributed by atoms with E-state index in [0.29, 0.717) is 49.0 Å². The Kier molecular flexibility index (Phi) is 7.98. The maximum absolute atomic E-state index is 14.2. The van der Waals surface area contributed by atoms with Crippen molar-refractivity contribution in [1.29, 1.82) is 0 Å². The Morgan fingerprint density at radius 1 is 1.05 bits per heavy atom. The molecule has 3 amide bonds. The van der Waals surface area contributed by atoms with Gasteiger partial charge in [0.05, 0.1) is 4.88 Å². The Hall–Kier alpha value is -3.45. The van der Waals surface area contributed by atoms with Crippen LogP contribution in [0.5, 0.6) is 0 Å². The number of carbonyl (C=O) groups excluding carboxylic acids is 3. The van der Waals surface area contributed by atoms with Crippen LogP contribution in [0.4, 0.5) is 8.78 Å². The molecular weight excluding hydrogens is 617 g/mol. The number of amides is 3. The number of nitrogens with one attached hydrogen (secondary N) is 2. The Balaban J connectivity index is 1.16. The summed E-state index contributed by atoms with van der Waals surface area (Å²) < 4.78 is 40.2. The quantitative estimate of drug-likeness (QED) is 0.298. The normalized spacial score (nSPS) is 23.2. The first-order valence-corrected chi connectivity index (χ1v) is 16.8. The molecule has 0 radical (unpaired) electrons. The number of aromatic nitrogens is 1. The molecule has 15 heteroatoms. The van der Waals surface area contributed by atoms with E-state index in [9.17, 15) is 32.5 Å². The molecule has 0 unspecified atom stereocenters. The van der Waals surface area contributed by atoms with Crippen molar-refractivity contribution in [2.75, 3.05) is 13.1 Å². The van der Waals surface area contributed by atoms with Crippen LogP contribution in [0, 0.1) is 0 Å². The molecule has 0 saturated carbocycles. The second-order valence-electron chi connectivity index (χ2n) is 11.6. The predicted octanol–water partition coefficient (Wildman–Crippen LogP) is 3.47. The predicted molar refractivity (Wildman–Crippen MR) is 158 cm³/mol. The number of hydrogen-bond donors (Lipinski definition) is 4. The summed E-state index contributed by atoms with van der Waals surface area (Å²) in [6, 6.07) is 6.33. The Labute approximate surface area is 254 Å². The lowest BCUT2D eigenvalue weighted by Gasteiger charge is -2.43. The van der Waals surface area contributed by atoms with Crippen LogP contribution in [0.1, 0.15) is 65.2 Å². The van der Waals surface area contributed by atoms with E-state index in [1.807, 2.05) is 0 Å². The van der Waals surface area contributed by atoms with E-state index in [0.717, 1.165) is 36.3 Å². The highest BCUT2D eigenvalue weighted by Crippen LogP contribution is 2.59. The van der Waals surface area contributed by atoms with Crippen molar-refractivity contribution >= 4 is 46.7 Å². The number of hydrogen-bond acceptors (Lipinski definition) is 6. The average molecular weight is 649 g/mol. The zero-order valence-electron chi connectivity index (χ0n) is 23.4. The first-order valence-electron chi connectivity index (χ1n) is 14.4. The van der Waals surface area contributed by atoms with Gasteiger partial charge >= 0.3 is 13.3 Å². The number of alkyl halides is 2. The van der Waals surface area contributed by atoms with Gasteiger partial charge in [0.25, 0.3) is 11.5 Å². The second-order valence-corrected chi connectivity index (χ2v) is 14.4. The number of carbonyl (C=O) groups is 3. The molecule has 1 aromatic carbocycles. The maximum Gasteiger partial charge on any atom is 0.399 e. The summed E-state index contributed by atoms with van der Waals surface area (Å²) in [5, 5.41) is 3.00. The lowest BCUT2D eigenvalue weighted by molar-refractivity contribution is -0.149. The van der Waals surface area contributed by atoms with E-state index in [4.69, 9.17) is 9.79 Å². The third kappa shape index (κ3) is 5.48. The third-order valence-electron chi connectivity index (χ3n) is 8.86. The standard InChI is InChI=1S/C29H31F2N4O7PS/c30-29(31,43(40,41)42)18-7-10-23-16(12-18)13-24(44-23)26(37)33-21-6-2-1-4-19-8-9-22(35(19)27(21)38)28(39)34-14-17(15-34)20-5-3-11-32-25(20)36/h3,5,7,10-13,17,19,21-22H,1-2,4,6,8-9,14-15H2,(H,32,36)(H,33,37)(H2,40,41,42)/t19-,21-,22-/m0/s1. The van der Waals surface area contributed by atoms with Crippen LogP contribution in [-0.4, -0.2) is 73.5 Å². The first-order chi connectivity index (χ1) is 20.8. The van der Waals surface area contributed by atoms with Gasteiger partial charge in [0.15, 0.2) is 0 Å². The van der Waals surface area contributed by atoms with Crippen molar-refractivity contribution in [2.24, 2.45) is 0 Å². The minimum Gasteiger partial charge on any atom is -0.340 e. The highest BCUT2D eigenvalue weighted by molar-refractivity contribution is 7.52. The molecule has 234 valence electrons. The molecule has 3 saturated heterocycles. The van der Waals surface area contributed by atoms with Crippen LogP contribution in [0.2, 0.25) is 0 Å². The summed E-state index contributed by atoms with van der Waals surface area (Å²) in [6.07, 6.45) is 5.41. The van der Waals surface area contributed by atoms with Gasteiger partial charge in [0.2, 0.25) is 11.8 Å². The minimum absolute atomic E-state index is 0.0726. The zero-order chi connectivity index (χ0) is 31.4. The fourth-order valence-corrected chi connectivity index (χ4v) is 7.89. The van der Waals surface area contributed by atoms with Gasteiger partial charge in [-0.25, -0.2) is 0 Å². The molecule has 4 N–H and O–H groups in total. The fraction of sp³-hybridized carbons (Fsp3) is 0.448. The van der Waals surface area contributed by atoms with Gasteiger partial charge in [0, 0.05) is 47.1 Å². The van der Waals surface area contributed by atoms with Gasteiger partial charge in [-0.3, -0.25) is 23.7 Å². The van der Waals surface area contributed by atoms with Gasteiger partial charge in [-0.05, 0) is 55.3 Å². The Morgan fingerprint density at radius 3 is 2.52 bits per heavy atom. The molecule has 6 rings (SSSR count). The summed E-state index contributed by atoms with van der Waals surface area (Å²) in [6.45, 7) is 0.784. The van der Waals surface area contributed by atoms with E-state index < -0.39 is 36.8 Å². The van der Waals surface area contributed by atoms with Gasteiger partial charge in [-0.1, -0.05) is 25.0 Å². The number of rotatable bonds is 6. The van der Waals surface area contributed by atoms with Gasteiger partial charge in [0.1, 0.15) is 12.1 Å². The van der Waals surface area contributed by atoms with Crippen LogP contribution >= 0.6 is 18.9 Å². The number of aromatic amines is 1. The molecular formula is C29H31F2N4O7PS. The van der Waals surface area contributed by atoms with E-state index >= 15 is 0 Å². The zero-order valence-corrected chi connectivity index (χ0v) is 25.2. The lowest BCUT2D eigenvalue weighted by Crippen LogP contribution is -2.60. The van der Waals surface area contributed by atoms with E-state index in [2.05, 4.69) is 10.3 Å². The lowest BCUT2D eigenvalue weighted by atomic mass is 9.91. The number of nitrogens with zero attached hydrogens (tertiary/aromatic N) is 2. The molecule has 3 atom stereocenters. The number of H-pyrrole nitrogens is 1. The van der Waals surface area contributed by atoms with Crippen molar-refractivity contribution in [3.8, 4) is 0 Å². The van der Waals surface area contributed by atoms with Crippen molar-refractivity contribution in [3.63, 3.8) is 0 Å². The second kappa shape index (κ2) is 11.5. The number of pyridine rings is 1. The van der Waals surface area contributed by atoms with Crippen molar-refractivity contribution in [1.82, 2.24) is 20.1 Å². The Bertz CT molecular complexity index is 1730. The van der Waals surface area contributed by atoms with Gasteiger partial charge in [-0.15, -0.1) is 11.3 Å². The molecule has 0 bridgehead atoms. The average Bonchev–Trinajstić information content (AvgIpc) is 3.57. The van der Waals surface area contributed by atoms with Crippen molar-refractivity contribution in [3.05, 3.63) is 69.0 Å². The molecule has 3 aliphatic rings. The summed E-state index contributed by atoms with van der Waals surface area (Å²) >= 11 is 1.01. The maximum atomic E-state index is 14.2. The molecule has 5 heterocycles. The van der Waals surface area contributed by atoms with E-state index in [-0.39, 0.29) is 39.6 Å². The van der Waals surface area contributed by atoms with Crippen LogP contribution in [0.3, 0.4) is 0 Å². The molecule has 3 fully saturated rings. The third-order valence-corrected chi connectivity index (χ3v) is 11.0. The van der Waals surface area contributed by atoms with Crippen molar-refractivity contribution < 1.29 is 37.5 Å². The molecule has 3 aliphatic heterocycles. The molecule has 44 heavy (non-hydrogen) atoms. The number of likely N-dealkylation sites (tertiary alicyclic amines) is 1. The summed E-state index contributed by atoms with van der Waals surface area (Å²) in [4.78, 5) is 77.1. The smallest absolute Gasteiger partial charge is 0.340 e. The van der Waals surface area contributed by atoms with Crippen molar-refractivity contribution in [2.45, 2.75) is 68.2 Å². The number of thiophene rings is 1. The SMILES string of the molecule is O=C(N[C@H]1CCCC[C@H]2CC[C@@H](C(=O)N3CC(c4ccc[nH]c4=O)C3)N2C1=O)c1cc2cc(C(F)(F)P(=O)(O)O)ccc2s1. The van der Waals surface area contributed by atoms with Crippen LogP contribution in [0.15, 0.2) is 47.4 Å². The Morgan fingerprint density at radius 2 is 1.80 bits per heavy atom. The van der Waals surface area contributed by atoms with Gasteiger partial charge in [-0.2, -0.15) is 8.78 Å². The highest BCUT2D eigenvalue weighted by atomic mass is 32.1. The summed E-state index contributed by atoms with van der Waals surface area (Å²) in [7, 11) is -5.76. The largest absolute Gasteiger partial charge is 0.399 e. The topological polar surface area (TPSA) is 160 Å². The first kappa shape index (κ1) is 30.6. The highest BCUT2D eigenvalue weighted by Gasteiger charge is 2.50. The number of fused-ring (bicyclic) bond motifs is 2.